The Balaban J connectivity index is 2.66. The zero-order chi connectivity index (χ0) is 16.0. The fourth-order valence-electron chi connectivity index (χ4n) is 3.02. The third-order valence-electron chi connectivity index (χ3n) is 3.99. The molecule has 1 saturated heterocycles. The van der Waals surface area contributed by atoms with Gasteiger partial charge in [0.2, 0.25) is 11.8 Å². The van der Waals surface area contributed by atoms with Crippen molar-refractivity contribution in [1.82, 2.24) is 15.1 Å². The number of hydrogen-bond donors (Lipinski definition) is 2. The molecule has 1 fully saturated rings. The number of likely N-dealkylation sites (tertiary alicyclic amines) is 1. The van der Waals surface area contributed by atoms with Gasteiger partial charge in [-0.05, 0) is 32.9 Å². The van der Waals surface area contributed by atoms with Gasteiger partial charge in [-0.2, -0.15) is 0 Å². The average molecular weight is 298 g/mol. The Hall–Kier alpha value is -1.14. The highest BCUT2D eigenvalue weighted by Crippen LogP contribution is 2.20. The number of likely N-dealkylation sites (N-methyl/N-ethyl adjacent to an activating group) is 1. The molecule has 6 nitrogen and oxygen atoms in total. The number of amides is 2. The second-order valence-corrected chi connectivity index (χ2v) is 6.36. The number of carbonyl (C=O) groups excluding carboxylic acids is 2. The first-order valence-electron chi connectivity index (χ1n) is 7.81. The van der Waals surface area contributed by atoms with Crippen LogP contribution in [0.2, 0.25) is 0 Å². The SMILES string of the molecule is CC(C)C(C(=O)N1CCCC(C(=O)NCCN)C1)N(C)C. The molecule has 21 heavy (non-hydrogen) atoms. The van der Waals surface area contributed by atoms with E-state index in [4.69, 9.17) is 5.73 Å². The number of piperidine rings is 1. The molecule has 3 N–H and O–H groups in total. The lowest BCUT2D eigenvalue weighted by atomic mass is 9.94. The fourth-order valence-corrected chi connectivity index (χ4v) is 3.02. The lowest BCUT2D eigenvalue weighted by Crippen LogP contribution is -2.53. The third kappa shape index (κ3) is 4.97. The van der Waals surface area contributed by atoms with Crippen LogP contribution in [0.3, 0.4) is 0 Å². The summed E-state index contributed by atoms with van der Waals surface area (Å²) in [6.45, 7) is 6.31. The van der Waals surface area contributed by atoms with Gasteiger partial charge < -0.3 is 16.0 Å². The van der Waals surface area contributed by atoms with Crippen LogP contribution >= 0.6 is 0 Å². The quantitative estimate of drug-likeness (QED) is 0.717. The first kappa shape index (κ1) is 17.9. The van der Waals surface area contributed by atoms with Crippen molar-refractivity contribution in [3.05, 3.63) is 0 Å². The van der Waals surface area contributed by atoms with Gasteiger partial charge in [0.15, 0.2) is 0 Å². The Morgan fingerprint density at radius 2 is 2.05 bits per heavy atom. The van der Waals surface area contributed by atoms with Gasteiger partial charge in [0.25, 0.3) is 0 Å². The van der Waals surface area contributed by atoms with Gasteiger partial charge in [-0.1, -0.05) is 13.8 Å². The molecule has 122 valence electrons. The summed E-state index contributed by atoms with van der Waals surface area (Å²) in [6, 6.07) is -0.129. The van der Waals surface area contributed by atoms with E-state index in [9.17, 15) is 9.59 Å². The minimum absolute atomic E-state index is 0.0175. The minimum atomic E-state index is -0.129. The van der Waals surface area contributed by atoms with Crippen LogP contribution in [-0.4, -0.2) is 67.9 Å². The highest BCUT2D eigenvalue weighted by Gasteiger charge is 2.33. The summed E-state index contributed by atoms with van der Waals surface area (Å²) >= 11 is 0. The largest absolute Gasteiger partial charge is 0.355 e. The second kappa shape index (κ2) is 8.34. The third-order valence-corrected chi connectivity index (χ3v) is 3.99. The topological polar surface area (TPSA) is 78.7 Å². The van der Waals surface area contributed by atoms with Crippen LogP contribution in [0, 0.1) is 11.8 Å². The summed E-state index contributed by atoms with van der Waals surface area (Å²) in [5.74, 6) is 0.290. The zero-order valence-corrected chi connectivity index (χ0v) is 13.8. The zero-order valence-electron chi connectivity index (χ0n) is 13.8. The molecule has 6 heteroatoms. The Kier molecular flexibility index (Phi) is 7.11. The van der Waals surface area contributed by atoms with E-state index in [-0.39, 0.29) is 29.7 Å². The van der Waals surface area contributed by atoms with Gasteiger partial charge in [-0.15, -0.1) is 0 Å². The van der Waals surface area contributed by atoms with Gasteiger partial charge in [0, 0.05) is 26.2 Å². The molecular formula is C15H30N4O2. The number of nitrogens with one attached hydrogen (secondary N) is 1. The summed E-state index contributed by atoms with van der Waals surface area (Å²) < 4.78 is 0. The minimum Gasteiger partial charge on any atom is -0.355 e. The molecule has 1 aliphatic rings. The van der Waals surface area contributed by atoms with E-state index in [0.29, 0.717) is 19.6 Å². The standard InChI is InChI=1S/C15H30N4O2/c1-11(2)13(18(3)4)15(21)19-9-5-6-12(10-19)14(20)17-8-7-16/h11-13H,5-10,16H2,1-4H3,(H,17,20). The number of rotatable bonds is 6. The van der Waals surface area contributed by atoms with Gasteiger partial charge in [0.1, 0.15) is 0 Å². The van der Waals surface area contributed by atoms with E-state index in [1.165, 1.54) is 0 Å². The molecule has 1 rings (SSSR count). The highest BCUT2D eigenvalue weighted by molar-refractivity contribution is 5.84. The monoisotopic (exact) mass is 298 g/mol. The van der Waals surface area contributed by atoms with Crippen molar-refractivity contribution in [2.75, 3.05) is 40.3 Å². The van der Waals surface area contributed by atoms with Crippen LogP contribution in [0.1, 0.15) is 26.7 Å². The molecule has 2 unspecified atom stereocenters. The molecule has 1 heterocycles. The number of nitrogens with two attached hydrogens (primary N) is 1. The fraction of sp³-hybridized carbons (Fsp3) is 0.867. The van der Waals surface area contributed by atoms with Crippen LogP contribution < -0.4 is 11.1 Å². The number of carbonyl (C=O) groups is 2. The summed E-state index contributed by atoms with van der Waals surface area (Å²) in [5, 5.41) is 2.82. The van der Waals surface area contributed by atoms with Crippen LogP contribution in [0.25, 0.3) is 0 Å². The second-order valence-electron chi connectivity index (χ2n) is 6.36. The predicted octanol–water partition coefficient (Wildman–Crippen LogP) is -0.114. The van der Waals surface area contributed by atoms with Gasteiger partial charge in [-0.25, -0.2) is 0 Å². The summed E-state index contributed by atoms with van der Waals surface area (Å²) in [6.07, 6.45) is 1.72. The summed E-state index contributed by atoms with van der Waals surface area (Å²) in [7, 11) is 3.86. The van der Waals surface area contributed by atoms with E-state index >= 15 is 0 Å². The Labute approximate surface area is 128 Å². The van der Waals surface area contributed by atoms with Crippen molar-refractivity contribution >= 4 is 11.8 Å². The van der Waals surface area contributed by atoms with Crippen molar-refractivity contribution in [3.63, 3.8) is 0 Å². The maximum Gasteiger partial charge on any atom is 0.240 e. The summed E-state index contributed by atoms with van der Waals surface area (Å²) in [4.78, 5) is 28.6. The molecule has 0 saturated carbocycles. The van der Waals surface area contributed by atoms with E-state index < -0.39 is 0 Å². The molecule has 0 aliphatic carbocycles. The predicted molar refractivity (Wildman–Crippen MR) is 83.7 cm³/mol. The van der Waals surface area contributed by atoms with Crippen LogP contribution in [-0.2, 0) is 9.59 Å². The van der Waals surface area contributed by atoms with Crippen molar-refractivity contribution in [3.8, 4) is 0 Å². The highest BCUT2D eigenvalue weighted by atomic mass is 16.2. The smallest absolute Gasteiger partial charge is 0.240 e. The first-order chi connectivity index (χ1) is 9.88. The molecule has 0 spiro atoms. The average Bonchev–Trinajstić information content (AvgIpc) is 2.44. The Morgan fingerprint density at radius 1 is 1.38 bits per heavy atom. The maximum atomic E-state index is 12.7. The van der Waals surface area contributed by atoms with E-state index in [1.54, 1.807) is 0 Å². The van der Waals surface area contributed by atoms with Crippen LogP contribution in [0.5, 0.6) is 0 Å². The van der Waals surface area contributed by atoms with Gasteiger partial charge in [0.05, 0.1) is 12.0 Å². The van der Waals surface area contributed by atoms with Crippen LogP contribution in [0.4, 0.5) is 0 Å². The van der Waals surface area contributed by atoms with Crippen molar-refractivity contribution in [1.29, 1.82) is 0 Å². The molecule has 0 radical (unpaired) electrons. The molecule has 2 amide bonds. The molecular weight excluding hydrogens is 268 g/mol. The number of hydrogen-bond acceptors (Lipinski definition) is 4. The van der Waals surface area contributed by atoms with E-state index in [1.807, 2.05) is 23.9 Å². The molecule has 0 bridgehead atoms. The lowest BCUT2D eigenvalue weighted by molar-refractivity contribution is -0.141. The Morgan fingerprint density at radius 3 is 2.57 bits per heavy atom. The van der Waals surface area contributed by atoms with Gasteiger partial charge in [-0.3, -0.25) is 14.5 Å². The van der Waals surface area contributed by atoms with Crippen molar-refractivity contribution in [2.24, 2.45) is 17.6 Å². The van der Waals surface area contributed by atoms with Crippen molar-refractivity contribution < 1.29 is 9.59 Å². The lowest BCUT2D eigenvalue weighted by Gasteiger charge is -2.37. The number of nitrogens with zero attached hydrogens (tertiary/aromatic N) is 2. The molecule has 0 aromatic carbocycles. The summed E-state index contributed by atoms with van der Waals surface area (Å²) in [5.41, 5.74) is 5.40. The van der Waals surface area contributed by atoms with Crippen molar-refractivity contribution in [2.45, 2.75) is 32.7 Å². The molecule has 0 aromatic rings. The molecule has 1 aliphatic heterocycles. The Bertz CT molecular complexity index is 350. The van der Waals surface area contributed by atoms with E-state index in [0.717, 1.165) is 19.4 Å². The van der Waals surface area contributed by atoms with Gasteiger partial charge >= 0.3 is 0 Å². The molecule has 2 atom stereocenters. The van der Waals surface area contributed by atoms with Crippen LogP contribution in [0.15, 0.2) is 0 Å². The molecule has 0 aromatic heterocycles. The first-order valence-corrected chi connectivity index (χ1v) is 7.81. The van der Waals surface area contributed by atoms with E-state index in [2.05, 4.69) is 19.2 Å². The maximum absolute atomic E-state index is 12.7. The normalized spacial score (nSPS) is 20.7.